The van der Waals surface area contributed by atoms with Gasteiger partial charge in [0.15, 0.2) is 0 Å². The molecule has 1 aromatic carbocycles. The summed E-state index contributed by atoms with van der Waals surface area (Å²) in [5.74, 6) is -0.568. The Bertz CT molecular complexity index is 528. The zero-order chi connectivity index (χ0) is 17.0. The smallest absolute Gasteiger partial charge is 0.496 e. The number of nitrogens with one attached hydrogen (secondary N) is 1. The largest absolute Gasteiger partial charge is 0.573 e. The van der Waals surface area contributed by atoms with Crippen LogP contribution >= 0.6 is 24.8 Å². The Hall–Kier alpha value is -1.03. The molecule has 1 aromatic rings. The number of piperazine rings is 1. The van der Waals surface area contributed by atoms with Crippen LogP contribution in [-0.4, -0.2) is 51.0 Å². The Morgan fingerprint density at radius 3 is 2.20 bits per heavy atom. The second kappa shape index (κ2) is 10.2. The van der Waals surface area contributed by atoms with E-state index in [-0.39, 0.29) is 36.1 Å². The first-order valence-electron chi connectivity index (χ1n) is 6.98. The molecular formula is C14H19Cl2F5N2O2. The molecule has 1 saturated heterocycles. The lowest BCUT2D eigenvalue weighted by Gasteiger charge is -2.35. The topological polar surface area (TPSA) is 33.7 Å². The molecule has 0 aliphatic carbocycles. The summed E-state index contributed by atoms with van der Waals surface area (Å²) in [4.78, 5) is 1.59. The molecule has 2 rings (SSSR count). The molecule has 1 N–H and O–H groups in total. The van der Waals surface area contributed by atoms with Gasteiger partial charge in [0, 0.05) is 37.8 Å². The predicted octanol–water partition coefficient (Wildman–Crippen LogP) is 3.65. The molecule has 1 fully saturated rings. The molecule has 11 heteroatoms. The Kier molecular flexibility index (Phi) is 9.78. The Morgan fingerprint density at radius 1 is 1.12 bits per heavy atom. The summed E-state index contributed by atoms with van der Waals surface area (Å²) < 4.78 is 72.6. The van der Waals surface area contributed by atoms with Gasteiger partial charge in [-0.25, -0.2) is 8.78 Å². The number of methoxy groups -OCH3 is 1. The monoisotopic (exact) mass is 412 g/mol. The highest BCUT2D eigenvalue weighted by Crippen LogP contribution is 2.37. The molecule has 1 heterocycles. The van der Waals surface area contributed by atoms with E-state index in [0.29, 0.717) is 26.2 Å². The molecule has 25 heavy (non-hydrogen) atoms. The third-order valence-corrected chi connectivity index (χ3v) is 3.54. The lowest BCUT2D eigenvalue weighted by atomic mass is 10.0. The van der Waals surface area contributed by atoms with Crippen LogP contribution in [0.5, 0.6) is 11.5 Å². The lowest BCUT2D eigenvalue weighted by molar-refractivity contribution is -0.274. The van der Waals surface area contributed by atoms with Gasteiger partial charge in [-0.3, -0.25) is 4.90 Å². The van der Waals surface area contributed by atoms with Crippen molar-refractivity contribution in [3.8, 4) is 11.5 Å². The van der Waals surface area contributed by atoms with E-state index in [4.69, 9.17) is 4.74 Å². The summed E-state index contributed by atoms with van der Waals surface area (Å²) in [6.07, 6.45) is -7.55. The molecule has 1 aliphatic heterocycles. The number of hydrogen-bond acceptors (Lipinski definition) is 4. The molecule has 1 atom stereocenters. The zero-order valence-electron chi connectivity index (χ0n) is 13.2. The number of nitrogens with zero attached hydrogens (tertiary/aromatic N) is 1. The highest BCUT2D eigenvalue weighted by molar-refractivity contribution is 5.85. The fourth-order valence-corrected chi connectivity index (χ4v) is 2.59. The summed E-state index contributed by atoms with van der Waals surface area (Å²) in [6, 6.07) is 1.94. The van der Waals surface area contributed by atoms with Crippen molar-refractivity contribution in [2.24, 2.45) is 0 Å². The molecule has 4 nitrogen and oxygen atoms in total. The Morgan fingerprint density at radius 2 is 1.72 bits per heavy atom. The first-order chi connectivity index (χ1) is 10.8. The average molecular weight is 413 g/mol. The molecule has 0 bridgehead atoms. The standard InChI is InChI=1S/C14H17F5N2O2.2ClH/c1-22-11-8-9(23-14(17,18)19)2-3-10(11)12(13(15)16)21-6-4-20-5-7-21;;/h2-3,8,12-13,20H,4-7H2,1H3;2*1H/t12-;;/m1../s1. The van der Waals surface area contributed by atoms with E-state index in [0.717, 1.165) is 12.1 Å². The van der Waals surface area contributed by atoms with E-state index >= 15 is 0 Å². The number of rotatable bonds is 5. The van der Waals surface area contributed by atoms with Gasteiger partial charge in [-0.2, -0.15) is 0 Å². The van der Waals surface area contributed by atoms with Crippen LogP contribution in [-0.2, 0) is 0 Å². The summed E-state index contributed by atoms with van der Waals surface area (Å²) >= 11 is 0. The van der Waals surface area contributed by atoms with E-state index in [1.54, 1.807) is 4.90 Å². The third-order valence-electron chi connectivity index (χ3n) is 3.54. The molecule has 0 amide bonds. The number of benzene rings is 1. The first-order valence-corrected chi connectivity index (χ1v) is 6.98. The molecule has 0 unspecified atom stereocenters. The van der Waals surface area contributed by atoms with Gasteiger partial charge in [0.2, 0.25) is 0 Å². The van der Waals surface area contributed by atoms with Crippen LogP contribution in [0.25, 0.3) is 0 Å². The van der Waals surface area contributed by atoms with Crippen molar-refractivity contribution in [1.82, 2.24) is 10.2 Å². The minimum atomic E-state index is -4.85. The molecule has 146 valence electrons. The van der Waals surface area contributed by atoms with Crippen molar-refractivity contribution in [3.05, 3.63) is 23.8 Å². The molecule has 0 radical (unpaired) electrons. The van der Waals surface area contributed by atoms with E-state index in [9.17, 15) is 22.0 Å². The fourth-order valence-electron chi connectivity index (χ4n) is 2.59. The summed E-state index contributed by atoms with van der Waals surface area (Å²) in [6.45, 7) is 1.97. The van der Waals surface area contributed by atoms with E-state index in [1.165, 1.54) is 13.2 Å². The van der Waals surface area contributed by atoms with Gasteiger partial charge >= 0.3 is 6.36 Å². The van der Waals surface area contributed by atoms with Gasteiger partial charge in [-0.1, -0.05) is 0 Å². The molecule has 0 aromatic heterocycles. The van der Waals surface area contributed by atoms with Crippen LogP contribution < -0.4 is 14.8 Å². The van der Waals surface area contributed by atoms with Crippen molar-refractivity contribution in [1.29, 1.82) is 0 Å². The molecular weight excluding hydrogens is 394 g/mol. The second-order valence-electron chi connectivity index (χ2n) is 5.02. The quantitative estimate of drug-likeness (QED) is 0.748. The van der Waals surface area contributed by atoms with Gasteiger partial charge in [0.1, 0.15) is 11.5 Å². The van der Waals surface area contributed by atoms with Crippen molar-refractivity contribution < 1.29 is 31.4 Å². The van der Waals surface area contributed by atoms with Crippen molar-refractivity contribution in [2.75, 3.05) is 33.3 Å². The van der Waals surface area contributed by atoms with Gasteiger partial charge < -0.3 is 14.8 Å². The van der Waals surface area contributed by atoms with E-state index in [1.807, 2.05) is 0 Å². The molecule has 0 saturated carbocycles. The first kappa shape index (κ1) is 24.0. The van der Waals surface area contributed by atoms with Crippen LogP contribution in [0.4, 0.5) is 22.0 Å². The van der Waals surface area contributed by atoms with Crippen molar-refractivity contribution in [2.45, 2.75) is 18.8 Å². The number of hydrogen-bond donors (Lipinski definition) is 1. The minimum absolute atomic E-state index is 0. The maximum Gasteiger partial charge on any atom is 0.573 e. The minimum Gasteiger partial charge on any atom is -0.496 e. The highest BCUT2D eigenvalue weighted by Gasteiger charge is 2.34. The van der Waals surface area contributed by atoms with Crippen LogP contribution in [0.3, 0.4) is 0 Å². The highest BCUT2D eigenvalue weighted by atomic mass is 35.5. The fraction of sp³-hybridized carbons (Fsp3) is 0.571. The SMILES string of the molecule is COc1cc(OC(F)(F)F)ccc1[C@H](C(F)F)N1CCNCC1.Cl.Cl. The zero-order valence-corrected chi connectivity index (χ0v) is 14.8. The van der Waals surface area contributed by atoms with Crippen LogP contribution in [0.1, 0.15) is 11.6 Å². The summed E-state index contributed by atoms with van der Waals surface area (Å²) in [7, 11) is 1.22. The van der Waals surface area contributed by atoms with Gasteiger partial charge in [-0.05, 0) is 12.1 Å². The number of alkyl halides is 5. The summed E-state index contributed by atoms with van der Waals surface area (Å²) in [5.41, 5.74) is 0.138. The lowest BCUT2D eigenvalue weighted by Crippen LogP contribution is -2.47. The molecule has 1 aliphatic rings. The maximum atomic E-state index is 13.5. The summed E-state index contributed by atoms with van der Waals surface area (Å²) in [5, 5.41) is 3.06. The maximum absolute atomic E-state index is 13.5. The Balaban J connectivity index is 0.00000288. The molecule has 0 spiro atoms. The van der Waals surface area contributed by atoms with Crippen LogP contribution in [0.15, 0.2) is 18.2 Å². The number of halogens is 7. The van der Waals surface area contributed by atoms with Crippen LogP contribution in [0, 0.1) is 0 Å². The van der Waals surface area contributed by atoms with Crippen molar-refractivity contribution >= 4 is 24.8 Å². The van der Waals surface area contributed by atoms with Crippen molar-refractivity contribution in [3.63, 3.8) is 0 Å². The van der Waals surface area contributed by atoms with E-state index < -0.39 is 24.6 Å². The van der Waals surface area contributed by atoms with Gasteiger partial charge in [-0.15, -0.1) is 38.0 Å². The second-order valence-corrected chi connectivity index (χ2v) is 5.02. The predicted molar refractivity (Wildman–Crippen MR) is 87.4 cm³/mol. The van der Waals surface area contributed by atoms with Crippen LogP contribution in [0.2, 0.25) is 0 Å². The third kappa shape index (κ3) is 6.65. The average Bonchev–Trinajstić information content (AvgIpc) is 2.48. The van der Waals surface area contributed by atoms with Gasteiger partial charge in [0.05, 0.1) is 13.2 Å². The Labute approximate surface area is 154 Å². The number of ether oxygens (including phenoxy) is 2. The van der Waals surface area contributed by atoms with Gasteiger partial charge in [0.25, 0.3) is 6.43 Å². The van der Waals surface area contributed by atoms with E-state index in [2.05, 4.69) is 10.1 Å². The normalized spacial score (nSPS) is 16.6.